The third kappa shape index (κ3) is 7.30. The quantitative estimate of drug-likeness (QED) is 0.615. The zero-order valence-electron chi connectivity index (χ0n) is 9.86. The summed E-state index contributed by atoms with van der Waals surface area (Å²) in [5.41, 5.74) is 5.58. The van der Waals surface area contributed by atoms with E-state index < -0.39 is 0 Å². The van der Waals surface area contributed by atoms with Gasteiger partial charge in [-0.2, -0.15) is 0 Å². The minimum atomic E-state index is -0.106. The molecule has 0 spiro atoms. The number of ether oxygens (including phenoxy) is 2. The van der Waals surface area contributed by atoms with Crippen LogP contribution in [0, 0.1) is 0 Å². The van der Waals surface area contributed by atoms with Gasteiger partial charge in [-0.25, -0.2) is 0 Å². The SMILES string of the molecule is COCCN(CCOC)C(=O)CC(C)N. The van der Waals surface area contributed by atoms with Crippen LogP contribution in [-0.2, 0) is 14.3 Å². The first-order valence-corrected chi connectivity index (χ1v) is 5.13. The van der Waals surface area contributed by atoms with Crippen molar-refractivity contribution in [3.8, 4) is 0 Å². The van der Waals surface area contributed by atoms with E-state index in [1.54, 1.807) is 19.1 Å². The Morgan fingerprint density at radius 2 is 1.73 bits per heavy atom. The third-order valence-corrected chi connectivity index (χ3v) is 1.98. The molecule has 0 aromatic carbocycles. The van der Waals surface area contributed by atoms with Crippen LogP contribution < -0.4 is 5.73 Å². The minimum absolute atomic E-state index is 0.0547. The van der Waals surface area contributed by atoms with E-state index in [0.717, 1.165) is 0 Å². The van der Waals surface area contributed by atoms with Crippen molar-refractivity contribution in [1.29, 1.82) is 0 Å². The lowest BCUT2D eigenvalue weighted by Gasteiger charge is -2.22. The van der Waals surface area contributed by atoms with E-state index in [1.165, 1.54) is 0 Å². The summed E-state index contributed by atoms with van der Waals surface area (Å²) in [7, 11) is 3.23. The topological polar surface area (TPSA) is 64.8 Å². The van der Waals surface area contributed by atoms with Crippen LogP contribution in [0.4, 0.5) is 0 Å². The maximum Gasteiger partial charge on any atom is 0.224 e. The highest BCUT2D eigenvalue weighted by Gasteiger charge is 2.14. The van der Waals surface area contributed by atoms with E-state index in [-0.39, 0.29) is 11.9 Å². The van der Waals surface area contributed by atoms with Gasteiger partial charge in [0, 0.05) is 39.8 Å². The Hall–Kier alpha value is -0.650. The number of carbonyl (C=O) groups excluding carboxylic acids is 1. The summed E-state index contributed by atoms with van der Waals surface area (Å²) in [5, 5.41) is 0. The molecule has 2 N–H and O–H groups in total. The van der Waals surface area contributed by atoms with Gasteiger partial charge in [0.15, 0.2) is 0 Å². The lowest BCUT2D eigenvalue weighted by molar-refractivity contribution is -0.132. The fourth-order valence-corrected chi connectivity index (χ4v) is 1.17. The molecule has 0 bridgehead atoms. The second-order valence-corrected chi connectivity index (χ2v) is 3.55. The predicted molar refractivity (Wildman–Crippen MR) is 58.6 cm³/mol. The van der Waals surface area contributed by atoms with Crippen LogP contribution in [0.2, 0.25) is 0 Å². The molecule has 0 aromatic heterocycles. The number of hydrogen-bond donors (Lipinski definition) is 1. The molecule has 5 heteroatoms. The van der Waals surface area contributed by atoms with Crippen LogP contribution in [0.25, 0.3) is 0 Å². The first-order chi connectivity index (χ1) is 7.11. The highest BCUT2D eigenvalue weighted by atomic mass is 16.5. The summed E-state index contributed by atoms with van der Waals surface area (Å²) < 4.78 is 9.88. The van der Waals surface area contributed by atoms with Crippen LogP contribution in [0.5, 0.6) is 0 Å². The summed E-state index contributed by atoms with van der Waals surface area (Å²) in [6.45, 7) is 4.07. The van der Waals surface area contributed by atoms with Gasteiger partial charge in [0.2, 0.25) is 5.91 Å². The van der Waals surface area contributed by atoms with Crippen LogP contribution >= 0.6 is 0 Å². The molecule has 0 saturated heterocycles. The minimum Gasteiger partial charge on any atom is -0.383 e. The summed E-state index contributed by atoms with van der Waals surface area (Å²) in [6.07, 6.45) is 0.368. The maximum atomic E-state index is 11.7. The Morgan fingerprint density at radius 3 is 2.07 bits per heavy atom. The summed E-state index contributed by atoms with van der Waals surface area (Å²) in [5.74, 6) is 0.0547. The molecule has 1 amide bonds. The van der Waals surface area contributed by atoms with E-state index in [1.807, 2.05) is 6.92 Å². The van der Waals surface area contributed by atoms with E-state index in [2.05, 4.69) is 0 Å². The number of hydrogen-bond acceptors (Lipinski definition) is 4. The highest BCUT2D eigenvalue weighted by Crippen LogP contribution is 1.97. The van der Waals surface area contributed by atoms with Crippen LogP contribution in [0.3, 0.4) is 0 Å². The number of nitrogens with zero attached hydrogens (tertiary/aromatic N) is 1. The predicted octanol–water partition coefficient (Wildman–Crippen LogP) is -0.155. The Balaban J connectivity index is 4.01. The molecule has 5 nitrogen and oxygen atoms in total. The van der Waals surface area contributed by atoms with Gasteiger partial charge in [0.1, 0.15) is 0 Å². The Morgan fingerprint density at radius 1 is 1.27 bits per heavy atom. The molecule has 0 aliphatic heterocycles. The largest absolute Gasteiger partial charge is 0.383 e. The molecule has 0 heterocycles. The van der Waals surface area contributed by atoms with Crippen LogP contribution in [0.1, 0.15) is 13.3 Å². The molecule has 1 unspecified atom stereocenters. The van der Waals surface area contributed by atoms with E-state index in [0.29, 0.717) is 32.7 Å². The molecule has 90 valence electrons. The zero-order valence-corrected chi connectivity index (χ0v) is 9.86. The average Bonchev–Trinajstić information content (AvgIpc) is 2.17. The monoisotopic (exact) mass is 218 g/mol. The molecule has 0 saturated carbocycles. The summed E-state index contributed by atoms with van der Waals surface area (Å²) >= 11 is 0. The first kappa shape index (κ1) is 14.3. The number of methoxy groups -OCH3 is 2. The molecule has 0 fully saturated rings. The van der Waals surface area contributed by atoms with Crippen molar-refractivity contribution in [2.24, 2.45) is 5.73 Å². The van der Waals surface area contributed by atoms with E-state index in [9.17, 15) is 4.79 Å². The molecule has 0 aliphatic carbocycles. The van der Waals surface area contributed by atoms with Gasteiger partial charge in [0.25, 0.3) is 0 Å². The molecule has 1 atom stereocenters. The van der Waals surface area contributed by atoms with Gasteiger partial charge in [-0.3, -0.25) is 4.79 Å². The van der Waals surface area contributed by atoms with Crippen molar-refractivity contribution in [2.45, 2.75) is 19.4 Å². The third-order valence-electron chi connectivity index (χ3n) is 1.98. The number of carbonyl (C=O) groups is 1. The van der Waals surface area contributed by atoms with Crippen molar-refractivity contribution in [3.05, 3.63) is 0 Å². The highest BCUT2D eigenvalue weighted by molar-refractivity contribution is 5.76. The maximum absolute atomic E-state index is 11.7. The van der Waals surface area contributed by atoms with Gasteiger partial charge in [-0.05, 0) is 6.92 Å². The zero-order chi connectivity index (χ0) is 11.7. The Bertz CT molecular complexity index is 166. The number of rotatable bonds is 8. The summed E-state index contributed by atoms with van der Waals surface area (Å²) in [6, 6.07) is -0.106. The van der Waals surface area contributed by atoms with Crippen LogP contribution in [0.15, 0.2) is 0 Å². The van der Waals surface area contributed by atoms with Crippen molar-refractivity contribution in [2.75, 3.05) is 40.5 Å². The molecule has 0 aliphatic rings. The Kier molecular flexibility index (Phi) is 8.27. The molecule has 0 rings (SSSR count). The van der Waals surface area contributed by atoms with Gasteiger partial charge in [-0.1, -0.05) is 0 Å². The lowest BCUT2D eigenvalue weighted by atomic mass is 10.2. The van der Waals surface area contributed by atoms with Crippen molar-refractivity contribution >= 4 is 5.91 Å². The standard InChI is InChI=1S/C10H22N2O3/c1-9(11)8-10(13)12(4-6-14-2)5-7-15-3/h9H,4-8,11H2,1-3H3. The second-order valence-electron chi connectivity index (χ2n) is 3.55. The number of amides is 1. The smallest absolute Gasteiger partial charge is 0.224 e. The molecular formula is C10H22N2O3. The fraction of sp³-hybridized carbons (Fsp3) is 0.900. The molecular weight excluding hydrogens is 196 g/mol. The fourth-order valence-electron chi connectivity index (χ4n) is 1.17. The summed E-state index contributed by atoms with van der Waals surface area (Å²) in [4.78, 5) is 13.4. The van der Waals surface area contributed by atoms with Crippen LogP contribution in [-0.4, -0.2) is 57.4 Å². The van der Waals surface area contributed by atoms with E-state index >= 15 is 0 Å². The Labute approximate surface area is 91.5 Å². The number of nitrogens with two attached hydrogens (primary N) is 1. The van der Waals surface area contributed by atoms with Gasteiger partial charge >= 0.3 is 0 Å². The second kappa shape index (κ2) is 8.64. The molecule has 0 radical (unpaired) electrons. The van der Waals surface area contributed by atoms with Gasteiger partial charge in [0.05, 0.1) is 13.2 Å². The van der Waals surface area contributed by atoms with Crippen molar-refractivity contribution in [1.82, 2.24) is 4.90 Å². The average molecular weight is 218 g/mol. The molecule has 0 aromatic rings. The molecule has 15 heavy (non-hydrogen) atoms. The van der Waals surface area contributed by atoms with Gasteiger partial charge in [-0.15, -0.1) is 0 Å². The normalized spacial score (nSPS) is 12.5. The van der Waals surface area contributed by atoms with E-state index in [4.69, 9.17) is 15.2 Å². The van der Waals surface area contributed by atoms with Gasteiger partial charge < -0.3 is 20.1 Å². The van der Waals surface area contributed by atoms with Crippen molar-refractivity contribution < 1.29 is 14.3 Å². The first-order valence-electron chi connectivity index (χ1n) is 5.13. The lowest BCUT2D eigenvalue weighted by Crippen LogP contribution is -2.39. The van der Waals surface area contributed by atoms with Crippen molar-refractivity contribution in [3.63, 3.8) is 0 Å².